The van der Waals surface area contributed by atoms with Gasteiger partial charge in [0, 0.05) is 16.7 Å². The summed E-state index contributed by atoms with van der Waals surface area (Å²) in [6.45, 7) is 5.73. The summed E-state index contributed by atoms with van der Waals surface area (Å²) in [6, 6.07) is 10.9. The predicted molar refractivity (Wildman–Crippen MR) is 89.7 cm³/mol. The van der Waals surface area contributed by atoms with Gasteiger partial charge in [-0.15, -0.1) is 0 Å². The van der Waals surface area contributed by atoms with Gasteiger partial charge in [-0.3, -0.25) is 0 Å². The Morgan fingerprint density at radius 2 is 1.92 bits per heavy atom. The lowest BCUT2D eigenvalue weighted by atomic mass is 9.98. The van der Waals surface area contributed by atoms with Crippen molar-refractivity contribution in [3.8, 4) is 23.1 Å². The second kappa shape index (κ2) is 7.39. The molecule has 25 heavy (non-hydrogen) atoms. The molecule has 0 radical (unpaired) electrons. The van der Waals surface area contributed by atoms with E-state index in [0.29, 0.717) is 34.6 Å². The summed E-state index contributed by atoms with van der Waals surface area (Å²) >= 11 is 0. The lowest BCUT2D eigenvalue weighted by Gasteiger charge is -2.14. The number of nitriles is 1. The van der Waals surface area contributed by atoms with Crippen LogP contribution in [0.5, 0.6) is 5.75 Å². The molecule has 0 amide bonds. The van der Waals surface area contributed by atoms with Crippen molar-refractivity contribution >= 4 is 5.57 Å². The molecule has 1 heterocycles. The van der Waals surface area contributed by atoms with E-state index in [1.54, 1.807) is 32.0 Å². The zero-order valence-corrected chi connectivity index (χ0v) is 14.1. The number of allylic oxidation sites excluding steroid dienone is 2. The molecule has 0 aliphatic carbocycles. The van der Waals surface area contributed by atoms with Gasteiger partial charge in [-0.25, -0.2) is 4.98 Å². The summed E-state index contributed by atoms with van der Waals surface area (Å²) < 4.78 is 44.2. The molecule has 0 fully saturated rings. The number of hydrogen-bond acceptors (Lipinski definition) is 3. The van der Waals surface area contributed by atoms with Crippen molar-refractivity contribution in [1.29, 1.82) is 5.26 Å². The van der Waals surface area contributed by atoms with Gasteiger partial charge in [-0.2, -0.15) is 18.4 Å². The molecule has 0 aliphatic rings. The summed E-state index contributed by atoms with van der Waals surface area (Å²) in [5.41, 5.74) is 1.67. The first-order valence-electron chi connectivity index (χ1n) is 7.67. The molecular weight excluding hydrogens is 329 g/mol. The Labute approximate surface area is 144 Å². The van der Waals surface area contributed by atoms with Crippen LogP contribution in [-0.2, 0) is 6.18 Å². The van der Waals surface area contributed by atoms with Gasteiger partial charge in [-0.1, -0.05) is 6.07 Å². The van der Waals surface area contributed by atoms with E-state index < -0.39 is 11.9 Å². The number of benzene rings is 1. The number of halogens is 3. The summed E-state index contributed by atoms with van der Waals surface area (Å²) in [7, 11) is 0. The minimum absolute atomic E-state index is 0.210. The SMILES string of the molecule is CCOc1ccc(-c2cccc(C(F)(F)F)n2)cc1/C(C)=C(/C)C#N. The molecule has 0 bridgehead atoms. The van der Waals surface area contributed by atoms with Crippen molar-refractivity contribution in [3.63, 3.8) is 0 Å². The average molecular weight is 346 g/mol. The molecule has 1 aromatic heterocycles. The van der Waals surface area contributed by atoms with E-state index in [9.17, 15) is 13.2 Å². The van der Waals surface area contributed by atoms with Crippen LogP contribution in [0.1, 0.15) is 32.0 Å². The Bertz CT molecular complexity index is 848. The van der Waals surface area contributed by atoms with E-state index in [0.717, 1.165) is 6.07 Å². The Morgan fingerprint density at radius 1 is 1.20 bits per heavy atom. The first-order valence-corrected chi connectivity index (χ1v) is 7.67. The van der Waals surface area contributed by atoms with Gasteiger partial charge in [0.25, 0.3) is 0 Å². The molecule has 2 aromatic rings. The maximum atomic E-state index is 12.9. The van der Waals surface area contributed by atoms with E-state index in [1.807, 2.05) is 6.92 Å². The Balaban J connectivity index is 2.60. The fraction of sp³-hybridized carbons (Fsp3) is 0.263. The summed E-state index contributed by atoms with van der Waals surface area (Å²) in [6.07, 6.45) is -4.50. The van der Waals surface area contributed by atoms with Crippen LogP contribution in [0, 0.1) is 11.3 Å². The van der Waals surface area contributed by atoms with E-state index in [4.69, 9.17) is 10.00 Å². The lowest BCUT2D eigenvalue weighted by molar-refractivity contribution is -0.141. The zero-order chi connectivity index (χ0) is 18.6. The Kier molecular flexibility index (Phi) is 5.48. The van der Waals surface area contributed by atoms with Crippen LogP contribution in [0.25, 0.3) is 16.8 Å². The minimum atomic E-state index is -4.50. The van der Waals surface area contributed by atoms with E-state index >= 15 is 0 Å². The first kappa shape index (κ1) is 18.5. The molecule has 0 N–H and O–H groups in total. The van der Waals surface area contributed by atoms with Crippen LogP contribution in [0.2, 0.25) is 0 Å². The van der Waals surface area contributed by atoms with Crippen LogP contribution < -0.4 is 4.74 Å². The van der Waals surface area contributed by atoms with Gasteiger partial charge in [-0.05, 0) is 56.7 Å². The van der Waals surface area contributed by atoms with Crippen molar-refractivity contribution < 1.29 is 17.9 Å². The average Bonchev–Trinajstić information content (AvgIpc) is 2.60. The van der Waals surface area contributed by atoms with Crippen LogP contribution in [0.4, 0.5) is 13.2 Å². The number of hydrogen-bond donors (Lipinski definition) is 0. The highest BCUT2D eigenvalue weighted by Gasteiger charge is 2.32. The maximum Gasteiger partial charge on any atom is 0.433 e. The number of alkyl halides is 3. The summed E-state index contributed by atoms with van der Waals surface area (Å²) in [5, 5.41) is 9.11. The maximum absolute atomic E-state index is 12.9. The molecule has 6 heteroatoms. The van der Waals surface area contributed by atoms with Crippen molar-refractivity contribution in [1.82, 2.24) is 4.98 Å². The highest BCUT2D eigenvalue weighted by atomic mass is 19.4. The first-order chi connectivity index (χ1) is 11.8. The second-order valence-corrected chi connectivity index (χ2v) is 5.41. The normalized spacial score (nSPS) is 12.4. The molecule has 3 nitrogen and oxygen atoms in total. The highest BCUT2D eigenvalue weighted by molar-refractivity contribution is 5.77. The van der Waals surface area contributed by atoms with Gasteiger partial charge in [0.15, 0.2) is 0 Å². The fourth-order valence-electron chi connectivity index (χ4n) is 2.30. The van der Waals surface area contributed by atoms with Gasteiger partial charge in [0.2, 0.25) is 0 Å². The quantitative estimate of drug-likeness (QED) is 0.688. The van der Waals surface area contributed by atoms with E-state index in [1.165, 1.54) is 12.1 Å². The van der Waals surface area contributed by atoms with Crippen molar-refractivity contribution in [2.75, 3.05) is 6.61 Å². The molecule has 1 aromatic carbocycles. The van der Waals surface area contributed by atoms with E-state index in [2.05, 4.69) is 11.1 Å². The molecular formula is C19H17F3N2O. The molecule has 2 rings (SSSR count). The zero-order valence-electron chi connectivity index (χ0n) is 14.1. The fourth-order valence-corrected chi connectivity index (χ4v) is 2.30. The van der Waals surface area contributed by atoms with Gasteiger partial charge >= 0.3 is 6.18 Å². The third-order valence-corrected chi connectivity index (χ3v) is 3.75. The van der Waals surface area contributed by atoms with Crippen LogP contribution in [0.15, 0.2) is 42.0 Å². The predicted octanol–water partition coefficient (Wildman–Crippen LogP) is 5.48. The molecule has 0 saturated heterocycles. The minimum Gasteiger partial charge on any atom is -0.493 e. The van der Waals surface area contributed by atoms with Crippen LogP contribution >= 0.6 is 0 Å². The summed E-state index contributed by atoms with van der Waals surface area (Å²) in [5.74, 6) is 0.574. The molecule has 0 atom stereocenters. The molecule has 0 spiro atoms. The number of nitrogens with zero attached hydrogens (tertiary/aromatic N) is 2. The van der Waals surface area contributed by atoms with Crippen molar-refractivity contribution in [2.45, 2.75) is 26.9 Å². The topological polar surface area (TPSA) is 45.9 Å². The van der Waals surface area contributed by atoms with Crippen LogP contribution in [-0.4, -0.2) is 11.6 Å². The third-order valence-electron chi connectivity index (χ3n) is 3.75. The number of aromatic nitrogens is 1. The molecule has 0 unspecified atom stereocenters. The van der Waals surface area contributed by atoms with E-state index in [-0.39, 0.29) is 5.69 Å². The Hall–Kier alpha value is -2.81. The smallest absolute Gasteiger partial charge is 0.433 e. The highest BCUT2D eigenvalue weighted by Crippen LogP contribution is 2.34. The van der Waals surface area contributed by atoms with Crippen molar-refractivity contribution in [2.24, 2.45) is 0 Å². The Morgan fingerprint density at radius 3 is 2.52 bits per heavy atom. The molecule has 130 valence electrons. The number of pyridine rings is 1. The number of rotatable bonds is 4. The molecule has 0 saturated carbocycles. The lowest BCUT2D eigenvalue weighted by Crippen LogP contribution is -2.08. The van der Waals surface area contributed by atoms with Gasteiger partial charge in [0.05, 0.1) is 18.4 Å². The second-order valence-electron chi connectivity index (χ2n) is 5.41. The van der Waals surface area contributed by atoms with Crippen LogP contribution in [0.3, 0.4) is 0 Å². The summed E-state index contributed by atoms with van der Waals surface area (Å²) in [4.78, 5) is 3.71. The molecule has 0 aliphatic heterocycles. The largest absolute Gasteiger partial charge is 0.493 e. The number of ether oxygens (including phenoxy) is 1. The standard InChI is InChI=1S/C19H17F3N2O/c1-4-25-17-9-8-14(10-15(17)13(3)12(2)11-23)16-6-5-7-18(24-16)19(20,21)22/h5-10H,4H2,1-3H3/b13-12-. The van der Waals surface area contributed by atoms with Gasteiger partial charge < -0.3 is 4.74 Å². The third kappa shape index (κ3) is 4.18. The van der Waals surface area contributed by atoms with Gasteiger partial charge in [0.1, 0.15) is 11.4 Å². The van der Waals surface area contributed by atoms with Crippen molar-refractivity contribution in [3.05, 3.63) is 53.2 Å². The monoisotopic (exact) mass is 346 g/mol.